The summed E-state index contributed by atoms with van der Waals surface area (Å²) in [5.74, 6) is -0.118. The Kier molecular flexibility index (Phi) is 6.81. The summed E-state index contributed by atoms with van der Waals surface area (Å²) in [6.07, 6.45) is 1.74. The number of nitrogens with zero attached hydrogens (tertiary/aromatic N) is 1. The third kappa shape index (κ3) is 5.49. The van der Waals surface area contributed by atoms with Gasteiger partial charge in [0.05, 0.1) is 7.11 Å². The monoisotopic (exact) mass is 481 g/mol. The molecule has 1 fully saturated rings. The Bertz CT molecular complexity index is 972. The molecule has 2 aromatic carbocycles. The highest BCUT2D eigenvalue weighted by Gasteiger charge is 2.24. The quantitative estimate of drug-likeness (QED) is 0.661. The number of sulfonamides is 1. The number of carbonyl (C=O) groups is 1. The number of halogens is 1. The van der Waals surface area contributed by atoms with Crippen LogP contribution >= 0.6 is 15.9 Å². The molecule has 0 aliphatic carbocycles. The molecule has 1 saturated heterocycles. The Morgan fingerprint density at radius 2 is 1.79 bits per heavy atom. The molecule has 3 rings (SSSR count). The Hall–Kier alpha value is -2.10. The summed E-state index contributed by atoms with van der Waals surface area (Å²) < 4.78 is 34.4. The van der Waals surface area contributed by atoms with E-state index in [4.69, 9.17) is 4.74 Å². The van der Waals surface area contributed by atoms with Crippen LogP contribution in [-0.4, -0.2) is 52.5 Å². The molecule has 0 aromatic heterocycles. The molecule has 0 spiro atoms. The molecule has 2 N–H and O–H groups in total. The number of piperidine rings is 1. The number of hydrogen-bond acceptors (Lipinski definition) is 5. The average molecular weight is 482 g/mol. The van der Waals surface area contributed by atoms with E-state index in [9.17, 15) is 13.2 Å². The van der Waals surface area contributed by atoms with Crippen molar-refractivity contribution < 1.29 is 17.9 Å². The minimum Gasteiger partial charge on any atom is -0.495 e. The van der Waals surface area contributed by atoms with Crippen LogP contribution in [0.25, 0.3) is 0 Å². The highest BCUT2D eigenvalue weighted by atomic mass is 79.9. The second kappa shape index (κ2) is 9.15. The fourth-order valence-corrected chi connectivity index (χ4v) is 4.70. The number of carbonyl (C=O) groups excluding carboxylic acids is 1. The molecule has 0 radical (unpaired) electrons. The summed E-state index contributed by atoms with van der Waals surface area (Å²) in [6.45, 7) is 1.84. The van der Waals surface area contributed by atoms with Crippen LogP contribution < -0.4 is 14.8 Å². The van der Waals surface area contributed by atoms with E-state index in [1.165, 1.54) is 19.2 Å². The van der Waals surface area contributed by atoms with Crippen LogP contribution in [0.15, 0.2) is 51.8 Å². The van der Waals surface area contributed by atoms with Crippen LogP contribution in [-0.2, 0) is 10.0 Å². The van der Waals surface area contributed by atoms with Crippen LogP contribution in [0, 0.1) is 0 Å². The molecule has 29 heavy (non-hydrogen) atoms. The molecule has 1 amide bonds. The fraction of sp³-hybridized carbons (Fsp3) is 0.350. The van der Waals surface area contributed by atoms with Crippen molar-refractivity contribution in [1.82, 2.24) is 10.2 Å². The number of nitrogens with one attached hydrogen (secondary N) is 2. The minimum atomic E-state index is -3.94. The normalized spacial score (nSPS) is 15.7. The Morgan fingerprint density at radius 1 is 1.14 bits per heavy atom. The molecule has 9 heteroatoms. The SMILES string of the molecule is COc1ccc(C(=O)NC2CCN(C)CC2)cc1S(=O)(=O)Nc1ccc(Br)cc1. The summed E-state index contributed by atoms with van der Waals surface area (Å²) in [6, 6.07) is 11.3. The fourth-order valence-electron chi connectivity index (χ4n) is 3.18. The van der Waals surface area contributed by atoms with E-state index in [2.05, 4.69) is 37.9 Å². The van der Waals surface area contributed by atoms with Gasteiger partial charge in [-0.1, -0.05) is 15.9 Å². The van der Waals surface area contributed by atoms with Crippen molar-refractivity contribution in [3.63, 3.8) is 0 Å². The molecule has 0 bridgehead atoms. The number of methoxy groups -OCH3 is 1. The number of amides is 1. The summed E-state index contributed by atoms with van der Waals surface area (Å²) in [7, 11) is -0.495. The van der Waals surface area contributed by atoms with Crippen molar-refractivity contribution >= 4 is 37.5 Å². The number of likely N-dealkylation sites (tertiary alicyclic amines) is 1. The Balaban J connectivity index is 1.82. The van der Waals surface area contributed by atoms with Crippen molar-refractivity contribution in [2.24, 2.45) is 0 Å². The van der Waals surface area contributed by atoms with Gasteiger partial charge < -0.3 is 15.0 Å². The van der Waals surface area contributed by atoms with Gasteiger partial charge in [-0.3, -0.25) is 9.52 Å². The maximum absolute atomic E-state index is 12.9. The predicted octanol–water partition coefficient (Wildman–Crippen LogP) is 3.08. The van der Waals surface area contributed by atoms with Gasteiger partial charge in [0.2, 0.25) is 0 Å². The zero-order valence-corrected chi connectivity index (χ0v) is 18.7. The van der Waals surface area contributed by atoms with Gasteiger partial charge in [-0.05, 0) is 75.4 Å². The largest absolute Gasteiger partial charge is 0.495 e. The summed E-state index contributed by atoms with van der Waals surface area (Å²) >= 11 is 3.32. The number of rotatable bonds is 6. The second-order valence-electron chi connectivity index (χ2n) is 7.03. The Morgan fingerprint density at radius 3 is 2.41 bits per heavy atom. The van der Waals surface area contributed by atoms with E-state index in [-0.39, 0.29) is 28.2 Å². The van der Waals surface area contributed by atoms with Crippen molar-refractivity contribution in [2.45, 2.75) is 23.8 Å². The first-order chi connectivity index (χ1) is 13.8. The maximum atomic E-state index is 12.9. The van der Waals surface area contributed by atoms with Gasteiger partial charge in [0, 0.05) is 21.8 Å². The predicted molar refractivity (Wildman–Crippen MR) is 116 cm³/mol. The number of benzene rings is 2. The summed E-state index contributed by atoms with van der Waals surface area (Å²) in [5, 5.41) is 3.00. The van der Waals surface area contributed by atoms with Crippen molar-refractivity contribution in [3.05, 3.63) is 52.5 Å². The summed E-state index contributed by atoms with van der Waals surface area (Å²) in [4.78, 5) is 14.8. The Labute approximate surface area is 179 Å². The third-order valence-corrected chi connectivity index (χ3v) is 6.80. The van der Waals surface area contributed by atoms with Crippen LogP contribution in [0.5, 0.6) is 5.75 Å². The minimum absolute atomic E-state index is 0.0843. The topological polar surface area (TPSA) is 87.7 Å². The molecular weight excluding hydrogens is 458 g/mol. The first-order valence-electron chi connectivity index (χ1n) is 9.24. The standard InChI is InChI=1S/C20H24BrN3O4S/c1-24-11-9-16(10-12-24)22-20(25)14-3-8-18(28-2)19(13-14)29(26,27)23-17-6-4-15(21)5-7-17/h3-8,13,16,23H,9-12H2,1-2H3,(H,22,25). The van der Waals surface area contributed by atoms with E-state index in [1.54, 1.807) is 30.3 Å². The smallest absolute Gasteiger partial charge is 0.265 e. The van der Waals surface area contributed by atoms with E-state index in [0.29, 0.717) is 5.69 Å². The van der Waals surface area contributed by atoms with Gasteiger partial charge in [-0.25, -0.2) is 8.42 Å². The number of ether oxygens (including phenoxy) is 1. The number of hydrogen-bond donors (Lipinski definition) is 2. The van der Waals surface area contributed by atoms with E-state index < -0.39 is 10.0 Å². The molecule has 156 valence electrons. The second-order valence-corrected chi connectivity index (χ2v) is 9.60. The van der Waals surface area contributed by atoms with Crippen LogP contribution in [0.3, 0.4) is 0 Å². The lowest BCUT2D eigenvalue weighted by atomic mass is 10.0. The van der Waals surface area contributed by atoms with Gasteiger partial charge in [0.15, 0.2) is 0 Å². The van der Waals surface area contributed by atoms with E-state index in [0.717, 1.165) is 30.4 Å². The molecule has 1 aliphatic heterocycles. The van der Waals surface area contributed by atoms with Crippen LogP contribution in [0.2, 0.25) is 0 Å². The molecule has 0 saturated carbocycles. The van der Waals surface area contributed by atoms with Crippen molar-refractivity contribution in [1.29, 1.82) is 0 Å². The lowest BCUT2D eigenvalue weighted by Crippen LogP contribution is -2.43. The lowest BCUT2D eigenvalue weighted by Gasteiger charge is -2.29. The van der Waals surface area contributed by atoms with Crippen LogP contribution in [0.1, 0.15) is 23.2 Å². The molecule has 0 atom stereocenters. The third-order valence-electron chi connectivity index (χ3n) is 4.87. The van der Waals surface area contributed by atoms with E-state index in [1.807, 2.05) is 0 Å². The molecule has 7 nitrogen and oxygen atoms in total. The first-order valence-corrected chi connectivity index (χ1v) is 11.5. The molecule has 1 aliphatic rings. The van der Waals surface area contributed by atoms with Gasteiger partial charge in [0.1, 0.15) is 10.6 Å². The van der Waals surface area contributed by atoms with Gasteiger partial charge in [-0.15, -0.1) is 0 Å². The maximum Gasteiger partial charge on any atom is 0.265 e. The summed E-state index contributed by atoms with van der Waals surface area (Å²) in [5.41, 5.74) is 0.692. The highest BCUT2D eigenvalue weighted by molar-refractivity contribution is 9.10. The van der Waals surface area contributed by atoms with Gasteiger partial charge in [-0.2, -0.15) is 0 Å². The molecule has 2 aromatic rings. The lowest BCUT2D eigenvalue weighted by molar-refractivity contribution is 0.0916. The molecule has 0 unspecified atom stereocenters. The van der Waals surface area contributed by atoms with Crippen molar-refractivity contribution in [3.8, 4) is 5.75 Å². The van der Waals surface area contributed by atoms with Crippen LogP contribution in [0.4, 0.5) is 5.69 Å². The molecular formula is C20H24BrN3O4S. The van der Waals surface area contributed by atoms with Gasteiger partial charge in [0.25, 0.3) is 15.9 Å². The molecule has 1 heterocycles. The first kappa shape index (κ1) is 21.6. The zero-order valence-electron chi connectivity index (χ0n) is 16.3. The highest BCUT2D eigenvalue weighted by Crippen LogP contribution is 2.27. The average Bonchev–Trinajstić information content (AvgIpc) is 2.70. The van der Waals surface area contributed by atoms with E-state index >= 15 is 0 Å². The number of anilines is 1. The van der Waals surface area contributed by atoms with Gasteiger partial charge >= 0.3 is 0 Å². The zero-order chi connectivity index (χ0) is 21.0. The van der Waals surface area contributed by atoms with Crippen molar-refractivity contribution in [2.75, 3.05) is 32.0 Å².